The number of carbonyl (C=O) groups excluding carboxylic acids is 1. The van der Waals surface area contributed by atoms with Gasteiger partial charge in [-0.05, 0) is 23.8 Å². The lowest BCUT2D eigenvalue weighted by atomic mass is 10.1. The lowest BCUT2D eigenvalue weighted by molar-refractivity contribution is -0.131. The van der Waals surface area contributed by atoms with Crippen molar-refractivity contribution in [2.45, 2.75) is 0 Å². The molecule has 106 valence electrons. The highest BCUT2D eigenvalue weighted by atomic mass is 19.1. The number of rotatable bonds is 4. The number of nitrogens with zero attached hydrogens (tertiary/aromatic N) is 2. The molecular weight excluding hydrogens is 277 g/mol. The van der Waals surface area contributed by atoms with E-state index in [9.17, 15) is 14.0 Å². The van der Waals surface area contributed by atoms with E-state index in [1.165, 1.54) is 36.9 Å². The van der Waals surface area contributed by atoms with Crippen LogP contribution in [0.15, 0.2) is 43.0 Å². The van der Waals surface area contributed by atoms with Gasteiger partial charge in [-0.25, -0.2) is 19.2 Å². The summed E-state index contributed by atoms with van der Waals surface area (Å²) in [7, 11) is 0. The summed E-state index contributed by atoms with van der Waals surface area (Å²) in [5.41, 5.74) is 0.521. The van der Waals surface area contributed by atoms with Crippen LogP contribution in [0.3, 0.4) is 0 Å². The molecule has 0 aliphatic carbocycles. The average Bonchev–Trinajstić information content (AvgIpc) is 2.47. The molecule has 0 radical (unpaired) electrons. The van der Waals surface area contributed by atoms with Gasteiger partial charge < -0.3 is 10.4 Å². The van der Waals surface area contributed by atoms with E-state index in [1.54, 1.807) is 0 Å². The van der Waals surface area contributed by atoms with E-state index in [0.717, 1.165) is 12.1 Å². The van der Waals surface area contributed by atoms with Crippen LogP contribution < -0.4 is 5.32 Å². The Morgan fingerprint density at radius 1 is 1.24 bits per heavy atom. The molecule has 2 N–H and O–H groups in total. The van der Waals surface area contributed by atoms with Crippen molar-refractivity contribution in [3.8, 4) is 0 Å². The van der Waals surface area contributed by atoms with E-state index in [0.29, 0.717) is 11.3 Å². The maximum Gasteiger partial charge on any atom is 0.328 e. The lowest BCUT2D eigenvalue weighted by Crippen LogP contribution is -2.14. The number of halogens is 1. The zero-order chi connectivity index (χ0) is 15.2. The molecule has 0 saturated heterocycles. The van der Waals surface area contributed by atoms with E-state index in [4.69, 9.17) is 5.11 Å². The van der Waals surface area contributed by atoms with E-state index in [1.807, 2.05) is 0 Å². The number of hydrogen-bond donors (Lipinski definition) is 2. The Balaban J connectivity index is 2.24. The average molecular weight is 287 g/mol. The molecule has 0 fully saturated rings. The Labute approximate surface area is 119 Å². The second-order valence-corrected chi connectivity index (χ2v) is 3.99. The smallest absolute Gasteiger partial charge is 0.328 e. The fraction of sp³-hybridized carbons (Fsp3) is 0. The molecule has 1 amide bonds. The zero-order valence-electron chi connectivity index (χ0n) is 10.7. The predicted molar refractivity (Wildman–Crippen MR) is 73.1 cm³/mol. The van der Waals surface area contributed by atoms with Gasteiger partial charge in [0.1, 0.15) is 12.1 Å². The quantitative estimate of drug-likeness (QED) is 0.839. The van der Waals surface area contributed by atoms with Gasteiger partial charge >= 0.3 is 5.97 Å². The lowest BCUT2D eigenvalue weighted by Gasteiger charge is -2.06. The molecule has 0 aliphatic heterocycles. The van der Waals surface area contributed by atoms with Gasteiger partial charge in [-0.2, -0.15) is 0 Å². The van der Waals surface area contributed by atoms with Gasteiger partial charge in [0.15, 0.2) is 0 Å². The van der Waals surface area contributed by atoms with Crippen LogP contribution in [0.1, 0.15) is 15.9 Å². The van der Waals surface area contributed by atoms with Crippen molar-refractivity contribution < 1.29 is 19.1 Å². The third kappa shape index (κ3) is 3.93. The molecule has 0 atom stereocenters. The Morgan fingerprint density at radius 2 is 1.95 bits per heavy atom. The Morgan fingerprint density at radius 3 is 2.62 bits per heavy atom. The minimum Gasteiger partial charge on any atom is -0.478 e. The monoisotopic (exact) mass is 287 g/mol. The number of hydrogen-bond acceptors (Lipinski definition) is 4. The molecule has 1 aromatic heterocycles. The highest BCUT2D eigenvalue weighted by Crippen LogP contribution is 2.14. The van der Waals surface area contributed by atoms with E-state index < -0.39 is 17.7 Å². The topological polar surface area (TPSA) is 92.2 Å². The highest BCUT2D eigenvalue weighted by molar-refractivity contribution is 6.04. The largest absolute Gasteiger partial charge is 0.478 e. The third-order valence-electron chi connectivity index (χ3n) is 2.47. The number of nitrogens with one attached hydrogen (secondary N) is 1. The normalized spacial score (nSPS) is 10.5. The van der Waals surface area contributed by atoms with Crippen molar-refractivity contribution in [2.75, 3.05) is 5.32 Å². The molecule has 0 unspecified atom stereocenters. The number of carbonyl (C=O) groups is 2. The van der Waals surface area contributed by atoms with E-state index in [-0.39, 0.29) is 5.56 Å². The van der Waals surface area contributed by atoms with Crippen LogP contribution in [0.5, 0.6) is 0 Å². The minimum absolute atomic E-state index is 0.202. The zero-order valence-corrected chi connectivity index (χ0v) is 10.7. The van der Waals surface area contributed by atoms with Crippen LogP contribution in [0.4, 0.5) is 10.1 Å². The predicted octanol–water partition coefficient (Wildman–Crippen LogP) is 1.97. The van der Waals surface area contributed by atoms with Gasteiger partial charge in [0, 0.05) is 6.08 Å². The number of benzene rings is 1. The van der Waals surface area contributed by atoms with Crippen molar-refractivity contribution in [2.24, 2.45) is 0 Å². The summed E-state index contributed by atoms with van der Waals surface area (Å²) < 4.78 is 13.7. The van der Waals surface area contributed by atoms with Gasteiger partial charge in [-0.15, -0.1) is 0 Å². The number of amides is 1. The summed E-state index contributed by atoms with van der Waals surface area (Å²) >= 11 is 0. The third-order valence-corrected chi connectivity index (χ3v) is 2.47. The van der Waals surface area contributed by atoms with Gasteiger partial charge in [-0.1, -0.05) is 6.07 Å². The van der Waals surface area contributed by atoms with Gasteiger partial charge in [0.2, 0.25) is 0 Å². The molecule has 21 heavy (non-hydrogen) atoms. The minimum atomic E-state index is -1.13. The molecule has 7 heteroatoms. The Kier molecular flexibility index (Phi) is 4.35. The van der Waals surface area contributed by atoms with Gasteiger partial charge in [0.25, 0.3) is 5.91 Å². The van der Waals surface area contributed by atoms with Crippen molar-refractivity contribution >= 4 is 23.6 Å². The van der Waals surface area contributed by atoms with Gasteiger partial charge in [0.05, 0.1) is 23.6 Å². The standard InChI is InChI=1S/C14H10FN3O3/c15-12-3-1-9(2-4-13(19)20)5-11(12)14(21)18-10-6-16-8-17-7-10/h1-8H,(H,18,21)(H,19,20)/b4-2+. The van der Waals surface area contributed by atoms with Crippen molar-refractivity contribution in [1.29, 1.82) is 0 Å². The SMILES string of the molecule is O=C(O)/C=C/c1ccc(F)c(C(=O)Nc2cncnc2)c1. The molecule has 0 spiro atoms. The fourth-order valence-electron chi connectivity index (χ4n) is 1.55. The maximum atomic E-state index is 13.7. The van der Waals surface area contributed by atoms with Crippen LogP contribution in [-0.2, 0) is 4.79 Å². The number of anilines is 1. The summed E-state index contributed by atoms with van der Waals surface area (Å²) in [5.74, 6) is -2.52. The van der Waals surface area contributed by atoms with Gasteiger partial charge in [-0.3, -0.25) is 4.79 Å². The van der Waals surface area contributed by atoms with E-state index >= 15 is 0 Å². The number of aliphatic carboxylic acids is 1. The first kappa shape index (κ1) is 14.3. The molecule has 2 rings (SSSR count). The molecular formula is C14H10FN3O3. The van der Waals surface area contributed by atoms with Crippen LogP contribution in [0, 0.1) is 5.82 Å². The molecule has 0 bridgehead atoms. The summed E-state index contributed by atoms with van der Waals surface area (Å²) in [5, 5.41) is 11.0. The van der Waals surface area contributed by atoms with Crippen molar-refractivity contribution in [1.82, 2.24) is 9.97 Å². The molecule has 2 aromatic rings. The molecule has 1 aromatic carbocycles. The summed E-state index contributed by atoms with van der Waals surface area (Å²) in [6.45, 7) is 0. The second-order valence-electron chi connectivity index (χ2n) is 3.99. The molecule has 0 aliphatic rings. The van der Waals surface area contributed by atoms with Crippen molar-refractivity contribution in [3.05, 3.63) is 59.9 Å². The van der Waals surface area contributed by atoms with Crippen molar-refractivity contribution in [3.63, 3.8) is 0 Å². The molecule has 1 heterocycles. The maximum absolute atomic E-state index is 13.7. The highest BCUT2D eigenvalue weighted by Gasteiger charge is 2.12. The molecule has 6 nitrogen and oxygen atoms in total. The Hall–Kier alpha value is -3.09. The number of carboxylic acid groups (broad SMARTS) is 1. The number of carboxylic acids is 1. The fourth-order valence-corrected chi connectivity index (χ4v) is 1.55. The Bertz CT molecular complexity index is 702. The van der Waals surface area contributed by atoms with Crippen LogP contribution in [0.2, 0.25) is 0 Å². The summed E-state index contributed by atoms with van der Waals surface area (Å²) in [4.78, 5) is 29.9. The summed E-state index contributed by atoms with van der Waals surface area (Å²) in [6, 6.07) is 3.73. The number of aromatic nitrogens is 2. The first-order chi connectivity index (χ1) is 10.1. The second kappa shape index (κ2) is 6.38. The van der Waals surface area contributed by atoms with Crippen LogP contribution in [-0.4, -0.2) is 27.0 Å². The van der Waals surface area contributed by atoms with Crippen LogP contribution >= 0.6 is 0 Å². The summed E-state index contributed by atoms with van der Waals surface area (Å²) in [6.07, 6.45) is 6.21. The van der Waals surface area contributed by atoms with E-state index in [2.05, 4.69) is 15.3 Å². The molecule has 0 saturated carbocycles. The first-order valence-electron chi connectivity index (χ1n) is 5.83. The van der Waals surface area contributed by atoms with Crippen LogP contribution in [0.25, 0.3) is 6.08 Å². The first-order valence-corrected chi connectivity index (χ1v) is 5.83.